The van der Waals surface area contributed by atoms with E-state index in [0.717, 1.165) is 18.7 Å². The van der Waals surface area contributed by atoms with Gasteiger partial charge in [-0.2, -0.15) is 0 Å². The Morgan fingerprint density at radius 2 is 1.50 bits per heavy atom. The summed E-state index contributed by atoms with van der Waals surface area (Å²) in [6.45, 7) is 6.14. The summed E-state index contributed by atoms with van der Waals surface area (Å²) in [7, 11) is 0. The van der Waals surface area contributed by atoms with Gasteiger partial charge >= 0.3 is 0 Å². The molecule has 3 aromatic carbocycles. The van der Waals surface area contributed by atoms with Gasteiger partial charge in [-0.25, -0.2) is 4.39 Å². The number of nitrogens with zero attached hydrogens (tertiary/aromatic N) is 2. The predicted molar refractivity (Wildman–Crippen MR) is 129 cm³/mol. The summed E-state index contributed by atoms with van der Waals surface area (Å²) in [5.74, 6) is 0.196. The van der Waals surface area contributed by atoms with Crippen molar-refractivity contribution in [2.75, 3.05) is 19.7 Å². The van der Waals surface area contributed by atoms with Crippen LogP contribution in [0, 0.1) is 5.82 Å². The van der Waals surface area contributed by atoms with E-state index in [9.17, 15) is 14.0 Å². The SMILES string of the molecule is CC1CN(C(=O)COc2ccc(C(=O)c3ccccc3)cc2)C(C)CN1Cc1ccc(F)cc1. The maximum absolute atomic E-state index is 13.2. The Kier molecular flexibility index (Phi) is 7.38. The van der Waals surface area contributed by atoms with Gasteiger partial charge in [0.25, 0.3) is 5.91 Å². The van der Waals surface area contributed by atoms with Crippen LogP contribution < -0.4 is 4.74 Å². The molecule has 2 unspecified atom stereocenters. The number of piperazine rings is 1. The Morgan fingerprint density at radius 3 is 2.18 bits per heavy atom. The minimum atomic E-state index is -0.238. The summed E-state index contributed by atoms with van der Waals surface area (Å²) in [4.78, 5) is 29.6. The van der Waals surface area contributed by atoms with Crippen LogP contribution in [0.4, 0.5) is 4.39 Å². The molecule has 1 heterocycles. The average molecular weight is 461 g/mol. The van der Waals surface area contributed by atoms with Crippen LogP contribution in [0.3, 0.4) is 0 Å². The first kappa shape index (κ1) is 23.6. The van der Waals surface area contributed by atoms with Gasteiger partial charge in [-0.1, -0.05) is 42.5 Å². The second-order valence-electron chi connectivity index (χ2n) is 8.81. The zero-order chi connectivity index (χ0) is 24.1. The second-order valence-corrected chi connectivity index (χ2v) is 8.81. The number of hydrogen-bond donors (Lipinski definition) is 0. The molecule has 0 aromatic heterocycles. The number of hydrogen-bond acceptors (Lipinski definition) is 4. The lowest BCUT2D eigenvalue weighted by atomic mass is 10.0. The minimum absolute atomic E-state index is 0.0404. The van der Waals surface area contributed by atoms with E-state index in [2.05, 4.69) is 11.8 Å². The Hall–Kier alpha value is -3.51. The molecule has 0 radical (unpaired) electrons. The summed E-state index contributed by atoms with van der Waals surface area (Å²) in [5.41, 5.74) is 2.26. The van der Waals surface area contributed by atoms with Gasteiger partial charge in [-0.15, -0.1) is 0 Å². The molecular formula is C28H29FN2O3. The van der Waals surface area contributed by atoms with Crippen molar-refractivity contribution in [3.8, 4) is 5.75 Å². The summed E-state index contributed by atoms with van der Waals surface area (Å²) < 4.78 is 18.9. The van der Waals surface area contributed by atoms with E-state index in [1.54, 1.807) is 48.5 Å². The Bertz CT molecular complexity index is 1120. The van der Waals surface area contributed by atoms with Crippen LogP contribution in [0.25, 0.3) is 0 Å². The van der Waals surface area contributed by atoms with Crippen molar-refractivity contribution in [3.05, 3.63) is 101 Å². The molecule has 176 valence electrons. The van der Waals surface area contributed by atoms with Crippen LogP contribution in [0.5, 0.6) is 5.75 Å². The van der Waals surface area contributed by atoms with E-state index in [0.29, 0.717) is 23.4 Å². The lowest BCUT2D eigenvalue weighted by molar-refractivity contribution is -0.139. The number of carbonyl (C=O) groups is 2. The molecule has 1 aliphatic heterocycles. The summed E-state index contributed by atoms with van der Waals surface area (Å²) in [5, 5.41) is 0. The molecule has 1 fully saturated rings. The lowest BCUT2D eigenvalue weighted by Crippen LogP contribution is -2.58. The number of ketones is 1. The van der Waals surface area contributed by atoms with E-state index >= 15 is 0 Å². The Labute approximate surface area is 199 Å². The molecule has 0 bridgehead atoms. The molecule has 2 atom stereocenters. The van der Waals surface area contributed by atoms with Crippen LogP contribution in [0.1, 0.15) is 35.3 Å². The van der Waals surface area contributed by atoms with Gasteiger partial charge in [0.1, 0.15) is 11.6 Å². The summed E-state index contributed by atoms with van der Waals surface area (Å²) in [6.07, 6.45) is 0. The summed E-state index contributed by atoms with van der Waals surface area (Å²) >= 11 is 0. The highest BCUT2D eigenvalue weighted by molar-refractivity contribution is 6.08. The van der Waals surface area contributed by atoms with E-state index in [-0.39, 0.29) is 36.2 Å². The van der Waals surface area contributed by atoms with Crippen LogP contribution in [0.2, 0.25) is 0 Å². The van der Waals surface area contributed by atoms with Crippen molar-refractivity contribution in [1.82, 2.24) is 9.80 Å². The van der Waals surface area contributed by atoms with E-state index in [4.69, 9.17) is 4.74 Å². The normalized spacial score (nSPS) is 18.5. The van der Waals surface area contributed by atoms with Crippen molar-refractivity contribution >= 4 is 11.7 Å². The predicted octanol–water partition coefficient (Wildman–Crippen LogP) is 4.56. The molecule has 0 spiro atoms. The van der Waals surface area contributed by atoms with Crippen LogP contribution in [-0.4, -0.2) is 53.3 Å². The van der Waals surface area contributed by atoms with Crippen molar-refractivity contribution < 1.29 is 18.7 Å². The number of benzene rings is 3. The monoisotopic (exact) mass is 460 g/mol. The van der Waals surface area contributed by atoms with Gasteiger partial charge in [0.2, 0.25) is 0 Å². The lowest BCUT2D eigenvalue weighted by Gasteiger charge is -2.44. The van der Waals surface area contributed by atoms with Crippen molar-refractivity contribution in [2.24, 2.45) is 0 Å². The van der Waals surface area contributed by atoms with E-state index in [1.165, 1.54) is 12.1 Å². The number of halogens is 1. The van der Waals surface area contributed by atoms with Gasteiger partial charge in [-0.05, 0) is 55.8 Å². The minimum Gasteiger partial charge on any atom is -0.484 e. The van der Waals surface area contributed by atoms with Crippen LogP contribution >= 0.6 is 0 Å². The molecule has 0 aliphatic carbocycles. The molecule has 1 saturated heterocycles. The molecule has 34 heavy (non-hydrogen) atoms. The summed E-state index contributed by atoms with van der Waals surface area (Å²) in [6, 6.07) is 22.8. The zero-order valence-corrected chi connectivity index (χ0v) is 19.5. The van der Waals surface area contributed by atoms with Crippen molar-refractivity contribution in [3.63, 3.8) is 0 Å². The quantitative estimate of drug-likeness (QED) is 0.485. The fraction of sp³-hybridized carbons (Fsp3) is 0.286. The molecule has 3 aromatic rings. The molecule has 5 nitrogen and oxygen atoms in total. The fourth-order valence-corrected chi connectivity index (χ4v) is 4.28. The number of amides is 1. The molecule has 1 aliphatic rings. The van der Waals surface area contributed by atoms with Crippen LogP contribution in [-0.2, 0) is 11.3 Å². The third-order valence-electron chi connectivity index (χ3n) is 6.25. The fourth-order valence-electron chi connectivity index (χ4n) is 4.28. The molecule has 0 N–H and O–H groups in total. The van der Waals surface area contributed by atoms with E-state index in [1.807, 2.05) is 30.0 Å². The first-order chi connectivity index (χ1) is 16.4. The first-order valence-electron chi connectivity index (χ1n) is 11.5. The maximum atomic E-state index is 13.2. The van der Waals surface area contributed by atoms with Gasteiger partial charge in [0.05, 0.1) is 0 Å². The number of carbonyl (C=O) groups excluding carboxylic acids is 2. The van der Waals surface area contributed by atoms with Gasteiger partial charge < -0.3 is 9.64 Å². The van der Waals surface area contributed by atoms with Gasteiger partial charge in [-0.3, -0.25) is 14.5 Å². The highest BCUT2D eigenvalue weighted by Crippen LogP contribution is 2.20. The van der Waals surface area contributed by atoms with Gasteiger partial charge in [0, 0.05) is 42.8 Å². The third kappa shape index (κ3) is 5.69. The molecule has 6 heteroatoms. The van der Waals surface area contributed by atoms with Crippen LogP contribution in [0.15, 0.2) is 78.9 Å². The number of rotatable bonds is 7. The number of ether oxygens (including phenoxy) is 1. The standard InChI is InChI=1S/C28H29FN2O3/c1-20-17-31(21(2)16-30(20)18-22-8-12-25(29)13-9-22)27(32)19-34-26-14-10-24(11-15-26)28(33)23-6-4-3-5-7-23/h3-15,20-21H,16-19H2,1-2H3. The van der Waals surface area contributed by atoms with E-state index < -0.39 is 0 Å². The zero-order valence-electron chi connectivity index (χ0n) is 19.5. The van der Waals surface area contributed by atoms with Crippen molar-refractivity contribution in [1.29, 1.82) is 0 Å². The molecular weight excluding hydrogens is 431 g/mol. The Morgan fingerprint density at radius 1 is 0.853 bits per heavy atom. The maximum Gasteiger partial charge on any atom is 0.260 e. The highest BCUT2D eigenvalue weighted by Gasteiger charge is 2.32. The second kappa shape index (κ2) is 10.6. The Balaban J connectivity index is 1.30. The highest BCUT2D eigenvalue weighted by atomic mass is 19.1. The molecule has 1 amide bonds. The topological polar surface area (TPSA) is 49.9 Å². The van der Waals surface area contributed by atoms with Crippen molar-refractivity contribution in [2.45, 2.75) is 32.5 Å². The molecule has 4 rings (SSSR count). The molecule has 0 saturated carbocycles. The average Bonchev–Trinajstić information content (AvgIpc) is 2.86. The third-order valence-corrected chi connectivity index (χ3v) is 6.25. The smallest absolute Gasteiger partial charge is 0.260 e. The van der Waals surface area contributed by atoms with Gasteiger partial charge in [0.15, 0.2) is 12.4 Å². The first-order valence-corrected chi connectivity index (χ1v) is 11.5. The largest absolute Gasteiger partial charge is 0.484 e.